The molecule has 0 fully saturated rings. The van der Waals surface area contributed by atoms with Crippen LogP contribution in [0.3, 0.4) is 0 Å². The predicted octanol–water partition coefficient (Wildman–Crippen LogP) is 5.36. The molecule has 0 aliphatic carbocycles. The lowest BCUT2D eigenvalue weighted by Gasteiger charge is -2.09. The van der Waals surface area contributed by atoms with Crippen molar-refractivity contribution >= 4 is 5.97 Å². The Kier molecular flexibility index (Phi) is 48.1. The third-order valence-electron chi connectivity index (χ3n) is 7.71. The number of hydrogen-bond acceptors (Lipinski definition) is 13. The molecule has 0 aromatic rings. The van der Waals surface area contributed by atoms with Crippen LogP contribution in [0, 0.1) is 0 Å². The smallest absolute Gasteiger partial charge is 0.329 e. The summed E-state index contributed by atoms with van der Waals surface area (Å²) in [5, 5.41) is 8.44. The molecule has 0 unspecified atom stereocenters. The standard InChI is InChI=1S/C39H78O14/c1-2-3-4-5-6-7-8-9-10-11-12-13-14-15-42-16-17-43-18-19-44-20-21-45-22-23-46-24-25-47-26-27-48-28-29-49-30-31-50-32-33-51-34-35-52-36-37-53-38-39(40)41/h2-38H2,1H3,(H,40,41). The Hall–Kier alpha value is -1.01. The molecule has 0 saturated carbocycles. The predicted molar refractivity (Wildman–Crippen MR) is 203 cm³/mol. The van der Waals surface area contributed by atoms with Gasteiger partial charge in [0.25, 0.3) is 0 Å². The van der Waals surface area contributed by atoms with Gasteiger partial charge >= 0.3 is 5.97 Å². The van der Waals surface area contributed by atoms with E-state index in [2.05, 4.69) is 6.92 Å². The van der Waals surface area contributed by atoms with E-state index in [-0.39, 0.29) is 13.2 Å². The molecule has 0 bridgehead atoms. The zero-order valence-electron chi connectivity index (χ0n) is 33.4. The van der Waals surface area contributed by atoms with E-state index in [9.17, 15) is 4.79 Å². The third kappa shape index (κ3) is 51.0. The van der Waals surface area contributed by atoms with Crippen molar-refractivity contribution in [2.45, 2.75) is 90.4 Å². The molecule has 0 saturated heterocycles. The van der Waals surface area contributed by atoms with E-state index in [0.717, 1.165) is 13.0 Å². The van der Waals surface area contributed by atoms with Gasteiger partial charge in [-0.15, -0.1) is 0 Å². The summed E-state index contributed by atoms with van der Waals surface area (Å²) < 4.78 is 65.1. The lowest BCUT2D eigenvalue weighted by molar-refractivity contribution is -0.142. The number of ether oxygens (including phenoxy) is 12. The Bertz CT molecular complexity index is 676. The van der Waals surface area contributed by atoms with Crippen molar-refractivity contribution in [3.8, 4) is 0 Å². The molecule has 0 aromatic heterocycles. The average molecular weight is 771 g/mol. The molecular formula is C39H78O14. The molecule has 318 valence electrons. The Labute approximate surface area is 321 Å². The molecule has 0 aliphatic heterocycles. The summed E-state index contributed by atoms with van der Waals surface area (Å²) >= 11 is 0. The van der Waals surface area contributed by atoms with Gasteiger partial charge in [0.15, 0.2) is 0 Å². The largest absolute Gasteiger partial charge is 0.480 e. The fourth-order valence-electron chi connectivity index (χ4n) is 4.80. The van der Waals surface area contributed by atoms with Crippen LogP contribution in [0.4, 0.5) is 0 Å². The zero-order valence-corrected chi connectivity index (χ0v) is 33.4. The molecule has 0 heterocycles. The molecule has 0 rings (SSSR count). The van der Waals surface area contributed by atoms with Crippen molar-refractivity contribution in [1.82, 2.24) is 0 Å². The van der Waals surface area contributed by atoms with Gasteiger partial charge in [0.05, 0.1) is 145 Å². The molecule has 0 aliphatic rings. The van der Waals surface area contributed by atoms with E-state index in [1.807, 2.05) is 0 Å². The van der Waals surface area contributed by atoms with Crippen LogP contribution in [0.5, 0.6) is 0 Å². The van der Waals surface area contributed by atoms with Crippen LogP contribution in [-0.4, -0.2) is 170 Å². The zero-order chi connectivity index (χ0) is 38.2. The quantitative estimate of drug-likeness (QED) is 0.0792. The van der Waals surface area contributed by atoms with E-state index in [0.29, 0.717) is 139 Å². The third-order valence-corrected chi connectivity index (χ3v) is 7.71. The number of carbonyl (C=O) groups is 1. The number of rotatable bonds is 49. The van der Waals surface area contributed by atoms with Gasteiger partial charge in [-0.1, -0.05) is 84.0 Å². The van der Waals surface area contributed by atoms with E-state index in [1.54, 1.807) is 0 Å². The Morgan fingerprint density at radius 3 is 0.698 bits per heavy atom. The maximum atomic E-state index is 10.3. The SMILES string of the molecule is CCCCCCCCCCCCCCCOCCOCCOCCOCCOCCOCCOCCOCCOCCOCCOCCOCC(=O)O. The number of carboxylic acids is 1. The second-order valence-electron chi connectivity index (χ2n) is 12.4. The first kappa shape index (κ1) is 52.0. The molecule has 0 amide bonds. The van der Waals surface area contributed by atoms with Crippen molar-refractivity contribution in [2.24, 2.45) is 0 Å². The van der Waals surface area contributed by atoms with Crippen LogP contribution in [-0.2, 0) is 61.6 Å². The van der Waals surface area contributed by atoms with Gasteiger partial charge in [-0.25, -0.2) is 4.79 Å². The monoisotopic (exact) mass is 771 g/mol. The minimum atomic E-state index is -0.994. The van der Waals surface area contributed by atoms with Gasteiger partial charge in [0, 0.05) is 6.61 Å². The summed E-state index contributed by atoms with van der Waals surface area (Å²) in [6.07, 6.45) is 17.7. The van der Waals surface area contributed by atoms with Crippen molar-refractivity contribution in [3.05, 3.63) is 0 Å². The van der Waals surface area contributed by atoms with Crippen LogP contribution in [0.15, 0.2) is 0 Å². The Balaban J connectivity index is 3.05. The molecule has 53 heavy (non-hydrogen) atoms. The summed E-state index contributed by atoms with van der Waals surface area (Å²) in [5.41, 5.74) is 0. The van der Waals surface area contributed by atoms with Crippen LogP contribution in [0.25, 0.3) is 0 Å². The van der Waals surface area contributed by atoms with Gasteiger partial charge in [-0.05, 0) is 6.42 Å². The normalized spacial score (nSPS) is 11.6. The van der Waals surface area contributed by atoms with Gasteiger partial charge in [0.1, 0.15) is 6.61 Å². The topological polar surface area (TPSA) is 148 Å². The highest BCUT2D eigenvalue weighted by atomic mass is 16.6. The van der Waals surface area contributed by atoms with Crippen LogP contribution in [0.1, 0.15) is 90.4 Å². The highest BCUT2D eigenvalue weighted by Gasteiger charge is 1.99. The minimum Gasteiger partial charge on any atom is -0.480 e. The molecule has 0 spiro atoms. The molecule has 1 N–H and O–H groups in total. The first-order valence-corrected chi connectivity index (χ1v) is 20.4. The second kappa shape index (κ2) is 49.0. The second-order valence-corrected chi connectivity index (χ2v) is 12.4. The van der Waals surface area contributed by atoms with Gasteiger partial charge in [0.2, 0.25) is 0 Å². The fraction of sp³-hybridized carbons (Fsp3) is 0.974. The van der Waals surface area contributed by atoms with E-state index in [4.69, 9.17) is 61.9 Å². The maximum absolute atomic E-state index is 10.3. The molecule has 0 aromatic carbocycles. The summed E-state index contributed by atoms with van der Waals surface area (Å²) in [6.45, 7) is 13.6. The average Bonchev–Trinajstić information content (AvgIpc) is 3.15. The summed E-state index contributed by atoms with van der Waals surface area (Å²) in [5.74, 6) is -0.994. The van der Waals surface area contributed by atoms with E-state index in [1.165, 1.54) is 77.0 Å². The lowest BCUT2D eigenvalue weighted by Crippen LogP contribution is -2.15. The first-order chi connectivity index (χ1) is 26.3. The van der Waals surface area contributed by atoms with Crippen molar-refractivity contribution in [2.75, 3.05) is 159 Å². The van der Waals surface area contributed by atoms with Gasteiger partial charge in [-0.2, -0.15) is 0 Å². The van der Waals surface area contributed by atoms with Gasteiger partial charge in [-0.3, -0.25) is 0 Å². The summed E-state index contributed by atoms with van der Waals surface area (Å²) in [4.78, 5) is 10.3. The molecule has 0 atom stereocenters. The summed E-state index contributed by atoms with van der Waals surface area (Å²) in [7, 11) is 0. The number of unbranched alkanes of at least 4 members (excludes halogenated alkanes) is 12. The minimum absolute atomic E-state index is 0.243. The van der Waals surface area contributed by atoms with Crippen molar-refractivity contribution in [3.63, 3.8) is 0 Å². The highest BCUT2D eigenvalue weighted by molar-refractivity contribution is 5.67. The van der Waals surface area contributed by atoms with Crippen LogP contribution in [0.2, 0.25) is 0 Å². The van der Waals surface area contributed by atoms with Crippen LogP contribution < -0.4 is 0 Å². The van der Waals surface area contributed by atoms with Gasteiger partial charge < -0.3 is 61.9 Å². The molecule has 14 heteroatoms. The maximum Gasteiger partial charge on any atom is 0.329 e. The molecule has 0 radical (unpaired) electrons. The van der Waals surface area contributed by atoms with E-state index < -0.39 is 5.97 Å². The molecular weight excluding hydrogens is 692 g/mol. The first-order valence-electron chi connectivity index (χ1n) is 20.4. The van der Waals surface area contributed by atoms with Crippen molar-refractivity contribution < 1.29 is 66.7 Å². The number of hydrogen-bond donors (Lipinski definition) is 1. The Morgan fingerprint density at radius 2 is 0.472 bits per heavy atom. The fourth-order valence-corrected chi connectivity index (χ4v) is 4.80. The van der Waals surface area contributed by atoms with Crippen LogP contribution >= 0.6 is 0 Å². The number of aliphatic carboxylic acids is 1. The van der Waals surface area contributed by atoms with Crippen molar-refractivity contribution in [1.29, 1.82) is 0 Å². The lowest BCUT2D eigenvalue weighted by atomic mass is 10.0. The Morgan fingerprint density at radius 1 is 0.283 bits per heavy atom. The summed E-state index contributed by atoms with van der Waals surface area (Å²) in [6, 6.07) is 0. The molecule has 14 nitrogen and oxygen atoms in total. The number of carboxylic acid groups (broad SMARTS) is 1. The highest BCUT2D eigenvalue weighted by Crippen LogP contribution is 2.12. The van der Waals surface area contributed by atoms with E-state index >= 15 is 0 Å².